The molecule has 0 aromatic carbocycles. The molecule has 0 radical (unpaired) electrons. The van der Waals surface area contributed by atoms with Crippen molar-refractivity contribution in [2.24, 2.45) is 39.4 Å². The predicted molar refractivity (Wildman–Crippen MR) is 134 cm³/mol. The average molecular weight is 459 g/mol. The van der Waals surface area contributed by atoms with Gasteiger partial charge < -0.3 is 14.9 Å². The number of hydrogen-bond donors (Lipinski definition) is 2. The first-order chi connectivity index (χ1) is 15.2. The molecule has 3 nitrogen and oxygen atoms in total. The van der Waals surface area contributed by atoms with Crippen LogP contribution in [0.2, 0.25) is 0 Å². The lowest BCUT2D eigenvalue weighted by Gasteiger charge is -2.62. The van der Waals surface area contributed by atoms with Crippen LogP contribution in [-0.4, -0.2) is 34.6 Å². The van der Waals surface area contributed by atoms with E-state index in [9.17, 15) is 10.2 Å². The van der Waals surface area contributed by atoms with Gasteiger partial charge in [0.15, 0.2) is 0 Å². The summed E-state index contributed by atoms with van der Waals surface area (Å²) in [6.07, 6.45) is 11.8. The van der Waals surface area contributed by atoms with E-state index in [2.05, 4.69) is 34.6 Å². The molecule has 0 aromatic heterocycles. The number of aliphatic hydroxyl groups is 2. The van der Waals surface area contributed by atoms with Crippen LogP contribution in [0.5, 0.6) is 0 Å². The van der Waals surface area contributed by atoms with Crippen LogP contribution in [0.1, 0.15) is 113 Å². The van der Waals surface area contributed by atoms with Gasteiger partial charge in [-0.1, -0.05) is 45.8 Å². The summed E-state index contributed by atoms with van der Waals surface area (Å²) in [6.45, 7) is 17.1. The third-order valence-corrected chi connectivity index (χ3v) is 12.5. The van der Waals surface area contributed by atoms with Gasteiger partial charge in [-0.2, -0.15) is 0 Å². The molecule has 3 fully saturated rings. The van der Waals surface area contributed by atoms with Gasteiger partial charge in [0.25, 0.3) is 0 Å². The molecule has 1 saturated heterocycles. The Kier molecular flexibility index (Phi) is 5.57. The Bertz CT molecular complexity index is 813. The Morgan fingerprint density at radius 3 is 2.21 bits per heavy atom. The minimum Gasteiger partial charge on any atom is -0.393 e. The van der Waals surface area contributed by atoms with E-state index in [1.165, 1.54) is 44.9 Å². The van der Waals surface area contributed by atoms with E-state index in [-0.39, 0.29) is 23.0 Å². The smallest absolute Gasteiger partial charge is 0.0856 e. The molecule has 4 aliphatic carbocycles. The summed E-state index contributed by atoms with van der Waals surface area (Å²) in [6, 6.07) is 0. The molecule has 8 atom stereocenters. The van der Waals surface area contributed by atoms with Crippen LogP contribution in [0.4, 0.5) is 0 Å². The van der Waals surface area contributed by atoms with Gasteiger partial charge in [-0.15, -0.1) is 0 Å². The third-order valence-electron chi connectivity index (χ3n) is 12.5. The molecular formula is C30H50O3. The van der Waals surface area contributed by atoms with Crippen molar-refractivity contribution >= 4 is 0 Å². The molecule has 2 N–H and O–H groups in total. The standard InChI is InChI=1S/C30H50O3/c1-26(2)23-10-9-22-21(28(23,5)15-14-24(26)31)13-17-29(6)20(12-16-30(22,29)7)19-8-11-25(33-18-19)27(3,4)32/h19-20,23-25,31-32H,8-18H2,1-7H3/t19-,20+,23-,24-,25-,28+,29+,30-/m0/s1. The number of rotatable bonds is 2. The van der Waals surface area contributed by atoms with Gasteiger partial charge in [0.2, 0.25) is 0 Å². The summed E-state index contributed by atoms with van der Waals surface area (Å²) in [4.78, 5) is 0. The van der Waals surface area contributed by atoms with E-state index in [4.69, 9.17) is 4.74 Å². The summed E-state index contributed by atoms with van der Waals surface area (Å²) in [7, 11) is 0. The molecule has 0 aromatic rings. The Balaban J connectivity index is 1.43. The summed E-state index contributed by atoms with van der Waals surface area (Å²) in [5.74, 6) is 1.96. The number of ether oxygens (including phenoxy) is 1. The van der Waals surface area contributed by atoms with Crippen molar-refractivity contribution in [3.8, 4) is 0 Å². The predicted octanol–water partition coefficient (Wildman–Crippen LogP) is 6.66. The number of hydrogen-bond acceptors (Lipinski definition) is 3. The van der Waals surface area contributed by atoms with Gasteiger partial charge in [0, 0.05) is 0 Å². The Morgan fingerprint density at radius 2 is 1.58 bits per heavy atom. The second-order valence-corrected chi connectivity index (χ2v) is 14.5. The SMILES string of the molecule is CC(C)(O)[C@@H]1CC[C@H]([C@H]2CC[C@@]3(C)C4=C(CC[C@]23C)[C@@]2(C)CC[C@H](O)C(C)(C)[C@@H]2CC4)CO1. The first-order valence-electron chi connectivity index (χ1n) is 14.0. The summed E-state index contributed by atoms with van der Waals surface area (Å²) in [5.41, 5.74) is 3.85. The van der Waals surface area contributed by atoms with Crippen LogP contribution < -0.4 is 0 Å². The lowest BCUT2D eigenvalue weighted by Crippen LogP contribution is -2.55. The molecule has 0 spiro atoms. The molecule has 0 unspecified atom stereocenters. The molecule has 2 saturated carbocycles. The van der Waals surface area contributed by atoms with Crippen molar-refractivity contribution in [2.75, 3.05) is 6.61 Å². The highest BCUT2D eigenvalue weighted by Crippen LogP contribution is 2.72. The van der Waals surface area contributed by atoms with Crippen molar-refractivity contribution in [1.82, 2.24) is 0 Å². The Hall–Kier alpha value is -0.380. The minimum atomic E-state index is -0.737. The summed E-state index contributed by atoms with van der Waals surface area (Å²) < 4.78 is 6.27. The maximum atomic E-state index is 10.8. The van der Waals surface area contributed by atoms with E-state index < -0.39 is 5.60 Å². The molecule has 188 valence electrons. The number of allylic oxidation sites excluding steroid dienone is 2. The van der Waals surface area contributed by atoms with Crippen LogP contribution in [0.3, 0.4) is 0 Å². The van der Waals surface area contributed by atoms with Gasteiger partial charge in [-0.05, 0) is 117 Å². The zero-order chi connectivity index (χ0) is 24.0. The molecule has 3 heteroatoms. The molecular weight excluding hydrogens is 408 g/mol. The lowest BCUT2D eigenvalue weighted by molar-refractivity contribution is -0.137. The lowest BCUT2D eigenvalue weighted by atomic mass is 9.43. The van der Waals surface area contributed by atoms with Crippen molar-refractivity contribution < 1.29 is 14.9 Å². The van der Waals surface area contributed by atoms with Crippen LogP contribution in [0.25, 0.3) is 0 Å². The van der Waals surface area contributed by atoms with Gasteiger partial charge in [0.05, 0.1) is 24.4 Å². The van der Waals surface area contributed by atoms with Crippen LogP contribution in [0, 0.1) is 39.4 Å². The van der Waals surface area contributed by atoms with E-state index >= 15 is 0 Å². The van der Waals surface area contributed by atoms with E-state index in [0.717, 1.165) is 31.8 Å². The van der Waals surface area contributed by atoms with E-state index in [1.54, 1.807) is 5.57 Å². The fraction of sp³-hybridized carbons (Fsp3) is 0.933. The van der Waals surface area contributed by atoms with Crippen LogP contribution in [-0.2, 0) is 4.74 Å². The molecule has 1 heterocycles. The molecule has 5 rings (SSSR count). The quantitative estimate of drug-likeness (QED) is 0.455. The molecule has 0 bridgehead atoms. The third kappa shape index (κ3) is 3.30. The highest BCUT2D eigenvalue weighted by Gasteiger charge is 2.63. The second-order valence-electron chi connectivity index (χ2n) is 14.5. The van der Waals surface area contributed by atoms with Gasteiger partial charge >= 0.3 is 0 Å². The normalized spacial score (nSPS) is 49.9. The zero-order valence-electron chi connectivity index (χ0n) is 22.5. The summed E-state index contributed by atoms with van der Waals surface area (Å²) >= 11 is 0. The molecule has 33 heavy (non-hydrogen) atoms. The van der Waals surface area contributed by atoms with Gasteiger partial charge in [-0.25, -0.2) is 0 Å². The Labute approximate surface area is 202 Å². The fourth-order valence-corrected chi connectivity index (χ4v) is 10.1. The van der Waals surface area contributed by atoms with E-state index in [1.807, 2.05) is 19.4 Å². The largest absolute Gasteiger partial charge is 0.393 e. The maximum Gasteiger partial charge on any atom is 0.0856 e. The van der Waals surface area contributed by atoms with Gasteiger partial charge in [0.1, 0.15) is 0 Å². The van der Waals surface area contributed by atoms with Crippen LogP contribution >= 0.6 is 0 Å². The maximum absolute atomic E-state index is 10.8. The topological polar surface area (TPSA) is 49.7 Å². The van der Waals surface area contributed by atoms with Crippen LogP contribution in [0.15, 0.2) is 11.1 Å². The number of fused-ring (bicyclic) bond motifs is 4. The van der Waals surface area contributed by atoms with Gasteiger partial charge in [-0.3, -0.25) is 0 Å². The molecule has 0 amide bonds. The van der Waals surface area contributed by atoms with Crippen molar-refractivity contribution in [2.45, 2.75) is 130 Å². The highest BCUT2D eigenvalue weighted by molar-refractivity contribution is 5.38. The molecule has 1 aliphatic heterocycles. The van der Waals surface area contributed by atoms with Crippen molar-refractivity contribution in [3.05, 3.63) is 11.1 Å². The first kappa shape index (κ1) is 24.3. The highest BCUT2D eigenvalue weighted by atomic mass is 16.5. The monoisotopic (exact) mass is 458 g/mol. The first-order valence-corrected chi connectivity index (χ1v) is 14.0. The summed E-state index contributed by atoms with van der Waals surface area (Å²) in [5, 5.41) is 21.3. The van der Waals surface area contributed by atoms with Crippen molar-refractivity contribution in [3.63, 3.8) is 0 Å². The average Bonchev–Trinajstić information content (AvgIpc) is 3.02. The van der Waals surface area contributed by atoms with Crippen molar-refractivity contribution in [1.29, 1.82) is 0 Å². The fourth-order valence-electron chi connectivity index (χ4n) is 10.1. The minimum absolute atomic E-state index is 0.0157. The molecule has 5 aliphatic rings. The zero-order valence-corrected chi connectivity index (χ0v) is 22.5. The number of aliphatic hydroxyl groups excluding tert-OH is 1. The van der Waals surface area contributed by atoms with E-state index in [0.29, 0.717) is 22.7 Å². The Morgan fingerprint density at radius 1 is 0.848 bits per heavy atom. The second kappa shape index (κ2) is 7.56.